The van der Waals surface area contributed by atoms with Crippen LogP contribution >= 0.6 is 0 Å². The van der Waals surface area contributed by atoms with Gasteiger partial charge in [-0.1, -0.05) is 26.8 Å². The van der Waals surface area contributed by atoms with Crippen LogP contribution in [0.5, 0.6) is 11.5 Å². The highest BCUT2D eigenvalue weighted by Crippen LogP contribution is 2.35. The summed E-state index contributed by atoms with van der Waals surface area (Å²) in [5.41, 5.74) is 0.780. The smallest absolute Gasteiger partial charge is 0.124 e. The molecule has 96 valence electrons. The molecule has 0 aliphatic rings. The van der Waals surface area contributed by atoms with Crippen molar-refractivity contribution in [2.75, 3.05) is 13.6 Å². The number of phenols is 2. The first-order valence-corrected chi connectivity index (χ1v) is 5.93. The number of hydrogen-bond acceptors (Lipinski definition) is 3. The Balaban J connectivity index is 2.93. The molecular formula is C14H23NO2. The van der Waals surface area contributed by atoms with Gasteiger partial charge in [0.15, 0.2) is 0 Å². The largest absolute Gasteiger partial charge is 0.507 e. The van der Waals surface area contributed by atoms with E-state index >= 15 is 0 Å². The lowest BCUT2D eigenvalue weighted by molar-refractivity contribution is 0.177. The number of nitrogens with zero attached hydrogens (tertiary/aromatic N) is 1. The Bertz CT molecular complexity index is 362. The van der Waals surface area contributed by atoms with Gasteiger partial charge in [0.25, 0.3) is 0 Å². The van der Waals surface area contributed by atoms with E-state index in [1.807, 2.05) is 14.0 Å². The molecule has 1 unspecified atom stereocenters. The van der Waals surface area contributed by atoms with Crippen LogP contribution < -0.4 is 0 Å². The molecule has 0 saturated carbocycles. The number of phenolic OH excluding ortho intramolecular Hbond substituents is 2. The third kappa shape index (κ3) is 3.63. The van der Waals surface area contributed by atoms with Crippen LogP contribution in [-0.4, -0.2) is 28.7 Å². The maximum Gasteiger partial charge on any atom is 0.124 e. The molecule has 0 radical (unpaired) electrons. The number of hydrogen-bond donors (Lipinski definition) is 2. The van der Waals surface area contributed by atoms with Gasteiger partial charge >= 0.3 is 0 Å². The molecule has 0 aliphatic heterocycles. The zero-order chi connectivity index (χ0) is 13.2. The normalized spacial score (nSPS) is 14.0. The van der Waals surface area contributed by atoms with Gasteiger partial charge in [0.05, 0.1) is 5.56 Å². The van der Waals surface area contributed by atoms with Crippen LogP contribution in [-0.2, 0) is 0 Å². The lowest BCUT2D eigenvalue weighted by Gasteiger charge is -2.32. The molecule has 0 bridgehead atoms. The monoisotopic (exact) mass is 237 g/mol. The Hall–Kier alpha value is -1.22. The molecule has 0 spiro atoms. The summed E-state index contributed by atoms with van der Waals surface area (Å²) in [5.74, 6) is 0.302. The van der Waals surface area contributed by atoms with Crippen molar-refractivity contribution in [2.24, 2.45) is 5.41 Å². The molecule has 0 aromatic heterocycles. The average molecular weight is 237 g/mol. The molecule has 3 nitrogen and oxygen atoms in total. The third-order valence-corrected chi connectivity index (χ3v) is 2.86. The zero-order valence-corrected chi connectivity index (χ0v) is 11.4. The number of rotatable bonds is 3. The van der Waals surface area contributed by atoms with Crippen molar-refractivity contribution in [1.29, 1.82) is 0 Å². The fourth-order valence-corrected chi connectivity index (χ4v) is 2.07. The minimum Gasteiger partial charge on any atom is -0.507 e. The highest BCUT2D eigenvalue weighted by Gasteiger charge is 2.22. The predicted octanol–water partition coefficient (Wildman–Crippen LogP) is 3.14. The molecule has 2 N–H and O–H groups in total. The summed E-state index contributed by atoms with van der Waals surface area (Å²) in [6.07, 6.45) is 0. The van der Waals surface area contributed by atoms with Crippen LogP contribution in [0.4, 0.5) is 0 Å². The van der Waals surface area contributed by atoms with E-state index in [0.717, 1.165) is 6.54 Å². The predicted molar refractivity (Wildman–Crippen MR) is 70.3 cm³/mol. The molecule has 17 heavy (non-hydrogen) atoms. The van der Waals surface area contributed by atoms with Crippen LogP contribution in [0.1, 0.15) is 39.3 Å². The topological polar surface area (TPSA) is 43.7 Å². The molecule has 1 aromatic rings. The van der Waals surface area contributed by atoms with Gasteiger partial charge < -0.3 is 10.2 Å². The maximum absolute atomic E-state index is 9.82. The third-order valence-electron chi connectivity index (χ3n) is 2.86. The number of benzene rings is 1. The second-order valence-corrected chi connectivity index (χ2v) is 5.86. The van der Waals surface area contributed by atoms with E-state index < -0.39 is 0 Å². The van der Waals surface area contributed by atoms with Crippen molar-refractivity contribution in [3.63, 3.8) is 0 Å². The van der Waals surface area contributed by atoms with Gasteiger partial charge in [-0.15, -0.1) is 0 Å². The molecule has 0 fully saturated rings. The Kier molecular flexibility index (Phi) is 4.04. The van der Waals surface area contributed by atoms with E-state index in [1.165, 1.54) is 0 Å². The summed E-state index contributed by atoms with van der Waals surface area (Å²) in [6.45, 7) is 9.38. The lowest BCUT2D eigenvalue weighted by atomic mass is 9.94. The Morgan fingerprint density at radius 2 is 1.65 bits per heavy atom. The van der Waals surface area contributed by atoms with Crippen LogP contribution in [0.15, 0.2) is 18.2 Å². The first-order valence-electron chi connectivity index (χ1n) is 5.93. The van der Waals surface area contributed by atoms with E-state index in [0.29, 0.717) is 5.56 Å². The van der Waals surface area contributed by atoms with E-state index in [1.54, 1.807) is 18.2 Å². The van der Waals surface area contributed by atoms with E-state index in [-0.39, 0.29) is 23.0 Å². The van der Waals surface area contributed by atoms with Gasteiger partial charge in [-0.2, -0.15) is 0 Å². The molecule has 1 atom stereocenters. The quantitative estimate of drug-likeness (QED) is 0.848. The standard InChI is InChI=1S/C14H23NO2/c1-10(15(5)9-14(2,3)4)13-11(16)7-6-8-12(13)17/h6-8,10,16-17H,9H2,1-5H3. The fraction of sp³-hybridized carbons (Fsp3) is 0.571. The Morgan fingerprint density at radius 3 is 2.06 bits per heavy atom. The van der Waals surface area contributed by atoms with Gasteiger partial charge in [-0.05, 0) is 31.5 Å². The van der Waals surface area contributed by atoms with Crippen molar-refractivity contribution in [3.8, 4) is 11.5 Å². The fourth-order valence-electron chi connectivity index (χ4n) is 2.07. The van der Waals surface area contributed by atoms with E-state index in [9.17, 15) is 10.2 Å². The maximum atomic E-state index is 9.82. The molecule has 1 aromatic carbocycles. The average Bonchev–Trinajstić information content (AvgIpc) is 2.14. The first kappa shape index (κ1) is 13.8. The molecule has 3 heteroatoms. The van der Waals surface area contributed by atoms with Gasteiger partial charge in [-0.25, -0.2) is 0 Å². The second kappa shape index (κ2) is 4.96. The summed E-state index contributed by atoms with van der Waals surface area (Å²) in [6, 6.07) is 4.84. The molecule has 1 rings (SSSR count). The first-order chi connectivity index (χ1) is 7.72. The van der Waals surface area contributed by atoms with Crippen molar-refractivity contribution < 1.29 is 10.2 Å². The van der Waals surface area contributed by atoms with Crippen LogP contribution in [0.2, 0.25) is 0 Å². The minimum absolute atomic E-state index is 0.0181. The van der Waals surface area contributed by atoms with E-state index in [2.05, 4.69) is 25.7 Å². The summed E-state index contributed by atoms with van der Waals surface area (Å²) in [5, 5.41) is 19.6. The molecular weight excluding hydrogens is 214 g/mol. The zero-order valence-electron chi connectivity index (χ0n) is 11.4. The van der Waals surface area contributed by atoms with Gasteiger partial charge in [0.2, 0.25) is 0 Å². The van der Waals surface area contributed by atoms with Gasteiger partial charge in [0.1, 0.15) is 11.5 Å². The van der Waals surface area contributed by atoms with Crippen LogP contribution in [0, 0.1) is 5.41 Å². The van der Waals surface area contributed by atoms with Crippen molar-refractivity contribution >= 4 is 0 Å². The number of aromatic hydroxyl groups is 2. The lowest BCUT2D eigenvalue weighted by Crippen LogP contribution is -2.31. The summed E-state index contributed by atoms with van der Waals surface area (Å²) in [4.78, 5) is 2.13. The molecule has 0 amide bonds. The Labute approximate surface area is 104 Å². The summed E-state index contributed by atoms with van der Waals surface area (Å²) < 4.78 is 0. The van der Waals surface area contributed by atoms with Gasteiger partial charge in [0, 0.05) is 12.6 Å². The van der Waals surface area contributed by atoms with Crippen LogP contribution in [0.3, 0.4) is 0 Å². The highest BCUT2D eigenvalue weighted by atomic mass is 16.3. The molecule has 0 heterocycles. The molecule has 0 aliphatic carbocycles. The van der Waals surface area contributed by atoms with Crippen molar-refractivity contribution in [1.82, 2.24) is 4.90 Å². The SMILES string of the molecule is CC(c1c(O)cccc1O)N(C)CC(C)(C)C. The second-order valence-electron chi connectivity index (χ2n) is 5.86. The van der Waals surface area contributed by atoms with Crippen molar-refractivity contribution in [2.45, 2.75) is 33.7 Å². The molecule has 0 saturated heterocycles. The highest BCUT2D eigenvalue weighted by molar-refractivity contribution is 5.44. The summed E-state index contributed by atoms with van der Waals surface area (Å²) >= 11 is 0. The van der Waals surface area contributed by atoms with Crippen LogP contribution in [0.25, 0.3) is 0 Å². The minimum atomic E-state index is -0.0181. The van der Waals surface area contributed by atoms with Crippen molar-refractivity contribution in [3.05, 3.63) is 23.8 Å². The Morgan fingerprint density at radius 1 is 1.18 bits per heavy atom. The van der Waals surface area contributed by atoms with Gasteiger partial charge in [-0.3, -0.25) is 4.90 Å². The summed E-state index contributed by atoms with van der Waals surface area (Å²) in [7, 11) is 2.00. The van der Waals surface area contributed by atoms with E-state index in [4.69, 9.17) is 0 Å².